The van der Waals surface area contributed by atoms with E-state index in [0.717, 1.165) is 42.9 Å². The van der Waals surface area contributed by atoms with Crippen molar-refractivity contribution in [3.63, 3.8) is 0 Å². The largest absolute Gasteiger partial charge is 0.390 e. The summed E-state index contributed by atoms with van der Waals surface area (Å²) in [6.45, 7) is 4.46. The summed E-state index contributed by atoms with van der Waals surface area (Å²) in [6.07, 6.45) is 14.1. The van der Waals surface area contributed by atoms with Gasteiger partial charge in [0.05, 0.1) is 5.60 Å². The third-order valence-corrected chi connectivity index (χ3v) is 9.60. The average molecular weight is 385 g/mol. The first kappa shape index (κ1) is 18.8. The molecular formula is C24H36N2O2. The second-order valence-corrected chi connectivity index (χ2v) is 11.1. The topological polar surface area (TPSA) is 55.1 Å². The van der Waals surface area contributed by atoms with E-state index in [-0.39, 0.29) is 17.1 Å². The van der Waals surface area contributed by atoms with Crippen LogP contribution in [-0.4, -0.2) is 26.0 Å². The van der Waals surface area contributed by atoms with E-state index >= 15 is 0 Å². The smallest absolute Gasteiger partial charge is 0.201 e. The highest BCUT2D eigenvalue weighted by Gasteiger charge is 2.59. The highest BCUT2D eigenvalue weighted by atomic mass is 16.3. The van der Waals surface area contributed by atoms with Crippen LogP contribution < -0.4 is 0 Å². The Hall–Kier alpha value is -1.16. The summed E-state index contributed by atoms with van der Waals surface area (Å²) < 4.78 is 1.89. The second kappa shape index (κ2) is 6.42. The van der Waals surface area contributed by atoms with Crippen molar-refractivity contribution in [1.29, 1.82) is 0 Å². The molecule has 1 heterocycles. The minimum atomic E-state index is -0.440. The first-order valence-corrected chi connectivity index (χ1v) is 11.5. The van der Waals surface area contributed by atoms with Gasteiger partial charge >= 0.3 is 0 Å². The Labute approximate surface area is 169 Å². The lowest BCUT2D eigenvalue weighted by molar-refractivity contribution is -0.0976. The Balaban J connectivity index is 1.37. The Morgan fingerprint density at radius 3 is 2.61 bits per heavy atom. The van der Waals surface area contributed by atoms with E-state index < -0.39 is 5.60 Å². The molecule has 154 valence electrons. The summed E-state index contributed by atoms with van der Waals surface area (Å²) in [7, 11) is 1.94. The van der Waals surface area contributed by atoms with Gasteiger partial charge in [-0.15, -0.1) is 0 Å². The molecule has 0 saturated heterocycles. The molecule has 1 aromatic rings. The molecule has 4 saturated carbocycles. The summed E-state index contributed by atoms with van der Waals surface area (Å²) in [5.74, 6) is 4.92. The Kier molecular flexibility index (Phi) is 4.32. The summed E-state index contributed by atoms with van der Waals surface area (Å²) in [6, 6.07) is 0. The van der Waals surface area contributed by atoms with Crippen molar-refractivity contribution >= 4 is 5.78 Å². The van der Waals surface area contributed by atoms with Gasteiger partial charge in [-0.1, -0.05) is 6.92 Å². The van der Waals surface area contributed by atoms with Crippen molar-refractivity contribution in [2.75, 3.05) is 0 Å². The maximum atomic E-state index is 13.3. The predicted molar refractivity (Wildman–Crippen MR) is 109 cm³/mol. The highest BCUT2D eigenvalue weighted by Crippen LogP contribution is 2.64. The molecule has 0 radical (unpaired) electrons. The number of aryl methyl sites for hydroxylation is 1. The van der Waals surface area contributed by atoms with Crippen LogP contribution in [0.3, 0.4) is 0 Å². The van der Waals surface area contributed by atoms with Gasteiger partial charge in [0.15, 0.2) is 5.82 Å². The third kappa shape index (κ3) is 2.74. The number of aromatic nitrogens is 2. The molecule has 0 amide bonds. The number of carbonyl (C=O) groups excluding carboxylic acids is 1. The first-order chi connectivity index (χ1) is 13.3. The number of hydrogen-bond donors (Lipinski definition) is 1. The predicted octanol–water partition coefficient (Wildman–Crippen LogP) is 4.62. The maximum absolute atomic E-state index is 13.3. The van der Waals surface area contributed by atoms with Crippen LogP contribution in [0, 0.1) is 40.9 Å². The lowest BCUT2D eigenvalue weighted by Crippen LogP contribution is -2.51. The van der Waals surface area contributed by atoms with Gasteiger partial charge in [-0.25, -0.2) is 4.98 Å². The number of nitrogens with zero attached hydrogens (tertiary/aromatic N) is 2. The number of ketones is 1. The van der Waals surface area contributed by atoms with Crippen LogP contribution in [0.1, 0.15) is 82.3 Å². The molecule has 4 nitrogen and oxygen atoms in total. The number of imidazole rings is 1. The van der Waals surface area contributed by atoms with Crippen LogP contribution in [0.25, 0.3) is 0 Å². The number of rotatable bonds is 2. The zero-order valence-corrected chi connectivity index (χ0v) is 17.7. The molecular weight excluding hydrogens is 348 g/mol. The summed E-state index contributed by atoms with van der Waals surface area (Å²) in [5, 5.41) is 10.6. The van der Waals surface area contributed by atoms with Crippen LogP contribution in [0.2, 0.25) is 0 Å². The van der Waals surface area contributed by atoms with Crippen molar-refractivity contribution in [3.8, 4) is 0 Å². The van der Waals surface area contributed by atoms with Crippen LogP contribution in [0.4, 0.5) is 0 Å². The van der Waals surface area contributed by atoms with Crippen molar-refractivity contribution in [2.45, 2.75) is 77.2 Å². The number of fused-ring (bicyclic) bond motifs is 5. The standard InChI is InChI=1S/C24H36N2O2/c1-23(28)10-8-16-15(14-23)4-5-18-17(16)9-11-24(2)19(18)6-7-20(24)21(27)22-25-12-13-26(22)3/h12-13,15-20,28H,4-11,14H2,1-3H3/t15-,16+,17-,18-,19+,20-,23-,24+/m1/s1. The van der Waals surface area contributed by atoms with E-state index in [0.29, 0.717) is 11.7 Å². The van der Waals surface area contributed by atoms with Gasteiger partial charge in [-0.3, -0.25) is 4.79 Å². The van der Waals surface area contributed by atoms with Gasteiger partial charge in [0.1, 0.15) is 0 Å². The van der Waals surface area contributed by atoms with Crippen molar-refractivity contribution in [2.24, 2.45) is 48.0 Å². The van der Waals surface area contributed by atoms with Crippen LogP contribution in [-0.2, 0) is 7.05 Å². The monoisotopic (exact) mass is 384 g/mol. The van der Waals surface area contributed by atoms with Crippen LogP contribution >= 0.6 is 0 Å². The Bertz CT molecular complexity index is 768. The van der Waals surface area contributed by atoms with Gasteiger partial charge in [-0.2, -0.15) is 0 Å². The average Bonchev–Trinajstić information content (AvgIpc) is 3.22. The summed E-state index contributed by atoms with van der Waals surface area (Å²) >= 11 is 0. The molecule has 4 heteroatoms. The quantitative estimate of drug-likeness (QED) is 0.757. The van der Waals surface area contributed by atoms with Crippen LogP contribution in [0.15, 0.2) is 12.4 Å². The number of carbonyl (C=O) groups is 1. The molecule has 8 atom stereocenters. The maximum Gasteiger partial charge on any atom is 0.201 e. The molecule has 1 aromatic heterocycles. The van der Waals surface area contributed by atoms with E-state index in [1.807, 2.05) is 24.7 Å². The fourth-order valence-electron chi connectivity index (χ4n) is 8.27. The fourth-order valence-corrected chi connectivity index (χ4v) is 8.27. The molecule has 0 bridgehead atoms. The molecule has 4 fully saturated rings. The molecule has 0 aromatic carbocycles. The molecule has 0 aliphatic heterocycles. The second-order valence-electron chi connectivity index (χ2n) is 11.1. The number of aliphatic hydroxyl groups is 1. The zero-order valence-electron chi connectivity index (χ0n) is 17.7. The summed E-state index contributed by atoms with van der Waals surface area (Å²) in [4.78, 5) is 17.7. The van der Waals surface area contributed by atoms with E-state index in [2.05, 4.69) is 11.9 Å². The third-order valence-electron chi connectivity index (χ3n) is 9.60. The molecule has 5 rings (SSSR count). The van der Waals surface area contributed by atoms with E-state index in [1.54, 1.807) is 6.20 Å². The highest BCUT2D eigenvalue weighted by molar-refractivity contribution is 5.95. The SMILES string of the molecule is Cn1ccnc1C(=O)[C@H]1CC[C@H]2[C@@H]3CC[C@@H]4C[C@](C)(O)CC[C@@H]4[C@H]3CC[C@]12C. The van der Waals surface area contributed by atoms with Crippen molar-refractivity contribution in [3.05, 3.63) is 18.2 Å². The number of Topliss-reactive ketones (excluding diaryl/α,β-unsaturated/α-hetero) is 1. The van der Waals surface area contributed by atoms with Gasteiger partial charge < -0.3 is 9.67 Å². The van der Waals surface area contributed by atoms with E-state index in [9.17, 15) is 9.90 Å². The van der Waals surface area contributed by atoms with Gasteiger partial charge in [0.25, 0.3) is 0 Å². The molecule has 28 heavy (non-hydrogen) atoms. The van der Waals surface area contributed by atoms with Gasteiger partial charge in [-0.05, 0) is 99.7 Å². The van der Waals surface area contributed by atoms with Gasteiger partial charge in [0.2, 0.25) is 5.78 Å². The van der Waals surface area contributed by atoms with E-state index in [4.69, 9.17) is 0 Å². The van der Waals surface area contributed by atoms with Crippen LogP contribution in [0.5, 0.6) is 0 Å². The first-order valence-electron chi connectivity index (χ1n) is 11.5. The molecule has 4 aliphatic rings. The normalized spacial score (nSPS) is 47.9. The lowest BCUT2D eigenvalue weighted by Gasteiger charge is -2.56. The summed E-state index contributed by atoms with van der Waals surface area (Å²) in [5.41, 5.74) is -0.290. The minimum Gasteiger partial charge on any atom is -0.390 e. The number of hydrogen-bond acceptors (Lipinski definition) is 3. The minimum absolute atomic E-state index is 0.143. The van der Waals surface area contributed by atoms with Gasteiger partial charge in [0, 0.05) is 25.4 Å². The molecule has 0 spiro atoms. The molecule has 1 N–H and O–H groups in total. The molecule has 0 unspecified atom stereocenters. The Morgan fingerprint density at radius 2 is 1.86 bits per heavy atom. The van der Waals surface area contributed by atoms with E-state index in [1.165, 1.54) is 38.5 Å². The molecule has 4 aliphatic carbocycles. The zero-order chi connectivity index (χ0) is 19.7. The Morgan fingerprint density at radius 1 is 1.07 bits per heavy atom. The van der Waals surface area contributed by atoms with Crippen molar-refractivity contribution in [1.82, 2.24) is 9.55 Å². The van der Waals surface area contributed by atoms with Crippen molar-refractivity contribution < 1.29 is 9.90 Å². The fraction of sp³-hybridized carbons (Fsp3) is 0.833. The lowest BCUT2D eigenvalue weighted by atomic mass is 9.49.